The van der Waals surface area contributed by atoms with Crippen LogP contribution in [-0.2, 0) is 9.53 Å². The van der Waals surface area contributed by atoms with Gasteiger partial charge in [0.25, 0.3) is 0 Å². The van der Waals surface area contributed by atoms with E-state index in [-0.39, 0.29) is 18.3 Å². The molecule has 1 aliphatic rings. The summed E-state index contributed by atoms with van der Waals surface area (Å²) in [4.78, 5) is 23.6. The Bertz CT molecular complexity index is 1030. The number of fused-ring (bicyclic) bond motifs is 3. The van der Waals surface area contributed by atoms with Crippen LogP contribution in [0.5, 0.6) is 5.75 Å². The molecule has 0 aliphatic heterocycles. The fourth-order valence-corrected chi connectivity index (χ4v) is 3.91. The monoisotopic (exact) mass is 402 g/mol. The molecule has 6 heteroatoms. The first-order chi connectivity index (χ1) is 14.5. The van der Waals surface area contributed by atoms with E-state index >= 15 is 0 Å². The van der Waals surface area contributed by atoms with Crippen molar-refractivity contribution in [3.63, 3.8) is 0 Å². The van der Waals surface area contributed by atoms with Gasteiger partial charge in [-0.3, -0.25) is 0 Å². The van der Waals surface area contributed by atoms with Gasteiger partial charge in [-0.05, 0) is 39.9 Å². The number of phenols is 1. The summed E-state index contributed by atoms with van der Waals surface area (Å²) >= 11 is 0. The molecule has 3 aromatic carbocycles. The largest absolute Gasteiger partial charge is 0.550 e. The van der Waals surface area contributed by atoms with Crippen LogP contribution in [0.1, 0.15) is 35.1 Å². The maximum Gasteiger partial charge on any atom is 0.407 e. The van der Waals surface area contributed by atoms with Crippen molar-refractivity contribution in [3.05, 3.63) is 89.5 Å². The molecule has 0 unspecified atom stereocenters. The van der Waals surface area contributed by atoms with Crippen molar-refractivity contribution in [2.24, 2.45) is 0 Å². The maximum absolute atomic E-state index is 12.5. The predicted molar refractivity (Wildman–Crippen MR) is 109 cm³/mol. The molecule has 6 nitrogen and oxygen atoms in total. The quantitative estimate of drug-likeness (QED) is 0.660. The zero-order valence-electron chi connectivity index (χ0n) is 16.1. The highest BCUT2D eigenvalue weighted by molar-refractivity contribution is 5.79. The van der Waals surface area contributed by atoms with Crippen LogP contribution in [-0.4, -0.2) is 23.8 Å². The van der Waals surface area contributed by atoms with Gasteiger partial charge in [-0.2, -0.15) is 0 Å². The van der Waals surface area contributed by atoms with Gasteiger partial charge in [0, 0.05) is 18.3 Å². The topological polar surface area (TPSA) is 98.7 Å². The standard InChI is InChI=1S/C24H21NO5/c26-16-11-9-15(10-12-16)22(13-23(27)28)25-24(29)30-14-21-19-7-3-1-5-17(19)18-6-2-4-8-20(18)21/h1-12,21-22,26H,13-14H2,(H,25,29)(H,27,28)/p-1/t22-/m0/s1. The first-order valence-electron chi connectivity index (χ1n) is 9.63. The molecule has 1 amide bonds. The van der Waals surface area contributed by atoms with Crippen LogP contribution in [0.15, 0.2) is 72.8 Å². The fraction of sp³-hybridized carbons (Fsp3) is 0.167. The molecule has 0 aromatic heterocycles. The average molecular weight is 402 g/mol. The van der Waals surface area contributed by atoms with Crippen molar-refractivity contribution in [2.75, 3.05) is 6.61 Å². The molecule has 0 saturated heterocycles. The molecule has 0 spiro atoms. The summed E-state index contributed by atoms with van der Waals surface area (Å²) in [6.45, 7) is 0.132. The molecule has 0 bridgehead atoms. The van der Waals surface area contributed by atoms with Crippen molar-refractivity contribution in [3.8, 4) is 16.9 Å². The number of nitrogens with one attached hydrogen (secondary N) is 1. The maximum atomic E-state index is 12.5. The lowest BCUT2D eigenvalue weighted by Gasteiger charge is -2.21. The zero-order chi connectivity index (χ0) is 21.1. The third kappa shape index (κ3) is 3.98. The van der Waals surface area contributed by atoms with Crippen LogP contribution >= 0.6 is 0 Å². The summed E-state index contributed by atoms with van der Waals surface area (Å²) in [7, 11) is 0. The number of ether oxygens (including phenoxy) is 1. The van der Waals surface area contributed by atoms with Gasteiger partial charge in [-0.1, -0.05) is 60.7 Å². The van der Waals surface area contributed by atoms with E-state index in [1.165, 1.54) is 12.1 Å². The summed E-state index contributed by atoms with van der Waals surface area (Å²) in [5, 5.41) is 23.1. The highest BCUT2D eigenvalue weighted by Gasteiger charge is 2.29. The van der Waals surface area contributed by atoms with Crippen LogP contribution in [0.4, 0.5) is 4.79 Å². The molecule has 0 heterocycles. The number of hydrogen-bond donors (Lipinski definition) is 2. The molecule has 152 valence electrons. The lowest BCUT2D eigenvalue weighted by atomic mass is 9.98. The summed E-state index contributed by atoms with van der Waals surface area (Å²) in [5.74, 6) is -1.34. The Labute approximate surface area is 173 Å². The minimum absolute atomic E-state index is 0.0482. The molecule has 0 fully saturated rings. The molecule has 4 rings (SSSR count). The number of carbonyl (C=O) groups is 2. The number of aromatic hydroxyl groups is 1. The van der Waals surface area contributed by atoms with Crippen molar-refractivity contribution in [1.29, 1.82) is 0 Å². The Balaban J connectivity index is 1.47. The second-order valence-electron chi connectivity index (χ2n) is 7.19. The number of hydrogen-bond acceptors (Lipinski definition) is 5. The van der Waals surface area contributed by atoms with Crippen molar-refractivity contribution < 1.29 is 24.5 Å². The van der Waals surface area contributed by atoms with Crippen molar-refractivity contribution >= 4 is 12.1 Å². The van der Waals surface area contributed by atoms with E-state index < -0.39 is 24.5 Å². The normalized spacial score (nSPS) is 13.2. The predicted octanol–water partition coefficient (Wildman–Crippen LogP) is 3.11. The van der Waals surface area contributed by atoms with Gasteiger partial charge >= 0.3 is 6.09 Å². The number of rotatable bonds is 6. The number of phenolic OH excluding ortho intramolecular Hbond substituents is 1. The van der Waals surface area contributed by atoms with Gasteiger partial charge in [0.05, 0.1) is 6.04 Å². The average Bonchev–Trinajstić information content (AvgIpc) is 3.06. The molecule has 0 radical (unpaired) electrons. The number of alkyl carbamates (subject to hydrolysis) is 1. The van der Waals surface area contributed by atoms with E-state index in [0.717, 1.165) is 22.3 Å². The number of carbonyl (C=O) groups excluding carboxylic acids is 2. The van der Waals surface area contributed by atoms with E-state index in [1.807, 2.05) is 36.4 Å². The third-order valence-corrected chi connectivity index (χ3v) is 5.30. The van der Waals surface area contributed by atoms with E-state index in [1.54, 1.807) is 12.1 Å². The zero-order valence-corrected chi connectivity index (χ0v) is 16.1. The van der Waals surface area contributed by atoms with Gasteiger partial charge in [0.15, 0.2) is 0 Å². The van der Waals surface area contributed by atoms with Gasteiger partial charge < -0.3 is 25.1 Å². The van der Waals surface area contributed by atoms with Crippen LogP contribution in [0.3, 0.4) is 0 Å². The summed E-state index contributed by atoms with van der Waals surface area (Å²) in [5.41, 5.74) is 4.97. The van der Waals surface area contributed by atoms with E-state index in [9.17, 15) is 19.8 Å². The Morgan fingerprint density at radius 3 is 2.07 bits per heavy atom. The first kappa shape index (κ1) is 19.5. The van der Waals surface area contributed by atoms with Crippen molar-refractivity contribution in [1.82, 2.24) is 5.32 Å². The molecular formula is C24H20NO5-. The number of carboxylic acids is 1. The first-order valence-corrected chi connectivity index (χ1v) is 9.63. The van der Waals surface area contributed by atoms with Crippen molar-refractivity contribution in [2.45, 2.75) is 18.4 Å². The van der Waals surface area contributed by atoms with Gasteiger partial charge in [-0.15, -0.1) is 0 Å². The van der Waals surface area contributed by atoms with Crippen LogP contribution in [0.25, 0.3) is 11.1 Å². The van der Waals surface area contributed by atoms with Gasteiger partial charge in [0.1, 0.15) is 12.4 Å². The highest BCUT2D eigenvalue weighted by atomic mass is 16.5. The molecule has 0 saturated carbocycles. The van der Waals surface area contributed by atoms with E-state index in [4.69, 9.17) is 4.74 Å². The summed E-state index contributed by atoms with van der Waals surface area (Å²) in [6.07, 6.45) is -1.12. The summed E-state index contributed by atoms with van der Waals surface area (Å²) in [6, 6.07) is 21.1. The third-order valence-electron chi connectivity index (χ3n) is 5.30. The minimum atomic E-state index is -1.30. The molecule has 30 heavy (non-hydrogen) atoms. The second-order valence-corrected chi connectivity index (χ2v) is 7.19. The molecule has 1 aliphatic carbocycles. The van der Waals surface area contributed by atoms with Crippen LogP contribution in [0, 0.1) is 0 Å². The SMILES string of the molecule is O=C([O-])C[C@H](NC(=O)OCC1c2ccccc2-c2ccccc21)c1ccc(O)cc1. The van der Waals surface area contributed by atoms with E-state index in [0.29, 0.717) is 5.56 Å². The molecule has 1 atom stereocenters. The fourth-order valence-electron chi connectivity index (χ4n) is 3.91. The smallest absolute Gasteiger partial charge is 0.407 e. The summed E-state index contributed by atoms with van der Waals surface area (Å²) < 4.78 is 5.48. The Hall–Kier alpha value is -3.80. The Kier molecular flexibility index (Phi) is 5.39. The Morgan fingerprint density at radius 2 is 1.50 bits per heavy atom. The molecule has 3 aromatic rings. The molecular weight excluding hydrogens is 382 g/mol. The number of carboxylic acid groups (broad SMARTS) is 1. The minimum Gasteiger partial charge on any atom is -0.550 e. The number of amides is 1. The van der Waals surface area contributed by atoms with Gasteiger partial charge in [0.2, 0.25) is 0 Å². The highest BCUT2D eigenvalue weighted by Crippen LogP contribution is 2.44. The van der Waals surface area contributed by atoms with Gasteiger partial charge in [-0.25, -0.2) is 4.79 Å². The van der Waals surface area contributed by atoms with Crippen LogP contribution in [0.2, 0.25) is 0 Å². The number of benzene rings is 3. The van der Waals surface area contributed by atoms with E-state index in [2.05, 4.69) is 17.4 Å². The lowest BCUT2D eigenvalue weighted by molar-refractivity contribution is -0.306. The Morgan fingerprint density at radius 1 is 0.933 bits per heavy atom. The number of aliphatic carboxylic acids is 1. The second kappa shape index (κ2) is 8.29. The van der Waals surface area contributed by atoms with Crippen LogP contribution < -0.4 is 10.4 Å². The lowest BCUT2D eigenvalue weighted by Crippen LogP contribution is -2.35. The molecule has 2 N–H and O–H groups in total.